The monoisotopic (exact) mass is 506 g/mol. The highest BCUT2D eigenvalue weighted by atomic mass is 19.4. The van der Waals surface area contributed by atoms with E-state index >= 15 is 0 Å². The van der Waals surface area contributed by atoms with Crippen molar-refractivity contribution < 1.29 is 41.4 Å². The molecule has 35 heavy (non-hydrogen) atoms. The lowest BCUT2D eigenvalue weighted by molar-refractivity contribution is -0.192. The maximum atomic E-state index is 14.7. The number of aromatic amines is 1. The summed E-state index contributed by atoms with van der Waals surface area (Å²) in [5.41, 5.74) is 0.599. The minimum Gasteiger partial charge on any atom is -0.475 e. The molecular formula is C22H27F5N4O4. The van der Waals surface area contributed by atoms with Crippen molar-refractivity contribution in [1.29, 1.82) is 0 Å². The van der Waals surface area contributed by atoms with Crippen molar-refractivity contribution in [2.75, 3.05) is 39.9 Å². The van der Waals surface area contributed by atoms with Crippen LogP contribution in [0.5, 0.6) is 0 Å². The first-order chi connectivity index (χ1) is 16.4. The van der Waals surface area contributed by atoms with Gasteiger partial charge in [-0.15, -0.1) is 0 Å². The van der Waals surface area contributed by atoms with E-state index in [0.29, 0.717) is 39.2 Å². The van der Waals surface area contributed by atoms with Gasteiger partial charge in [-0.05, 0) is 18.9 Å². The quantitative estimate of drug-likeness (QED) is 0.604. The molecule has 1 amide bonds. The molecule has 3 heterocycles. The number of methoxy groups -OCH3 is 1. The van der Waals surface area contributed by atoms with Gasteiger partial charge in [0.25, 0.3) is 5.92 Å². The molecule has 8 nitrogen and oxygen atoms in total. The molecule has 0 radical (unpaired) electrons. The number of piperidine rings is 2. The van der Waals surface area contributed by atoms with Crippen LogP contribution in [0.2, 0.25) is 0 Å². The lowest BCUT2D eigenvalue weighted by Gasteiger charge is -2.49. The number of ether oxygens (including phenoxy) is 1. The van der Waals surface area contributed by atoms with Crippen LogP contribution in [0.15, 0.2) is 24.3 Å². The fraction of sp³-hybridized carbons (Fsp3) is 0.591. The van der Waals surface area contributed by atoms with Crippen molar-refractivity contribution in [3.05, 3.63) is 30.0 Å². The zero-order valence-electron chi connectivity index (χ0n) is 19.1. The van der Waals surface area contributed by atoms with Crippen LogP contribution in [0.4, 0.5) is 22.0 Å². The number of H-pyrrole nitrogens is 1. The predicted molar refractivity (Wildman–Crippen MR) is 115 cm³/mol. The number of halogens is 5. The second-order valence-corrected chi connectivity index (χ2v) is 8.87. The first-order valence-corrected chi connectivity index (χ1v) is 11.0. The number of aromatic nitrogens is 2. The number of carbonyl (C=O) groups excluding carboxylic acids is 1. The topological polar surface area (TPSA) is 98.8 Å². The molecule has 1 aromatic carbocycles. The molecule has 0 aliphatic carbocycles. The Hall–Kier alpha value is -2.80. The summed E-state index contributed by atoms with van der Waals surface area (Å²) >= 11 is 0. The van der Waals surface area contributed by atoms with Gasteiger partial charge in [0.2, 0.25) is 5.91 Å². The summed E-state index contributed by atoms with van der Waals surface area (Å²) in [6.07, 6.45) is -4.21. The number of likely N-dealkylation sites (tertiary alicyclic amines) is 2. The van der Waals surface area contributed by atoms with E-state index in [1.807, 2.05) is 24.3 Å². The molecule has 2 aliphatic heterocycles. The van der Waals surface area contributed by atoms with E-state index in [2.05, 4.69) is 10.2 Å². The van der Waals surface area contributed by atoms with Gasteiger partial charge in [0, 0.05) is 45.1 Å². The number of benzene rings is 1. The number of aliphatic carboxylic acids is 1. The van der Waals surface area contributed by atoms with Crippen molar-refractivity contribution in [3.63, 3.8) is 0 Å². The van der Waals surface area contributed by atoms with Crippen LogP contribution >= 0.6 is 0 Å². The van der Waals surface area contributed by atoms with Crippen LogP contribution in [0.3, 0.4) is 0 Å². The van der Waals surface area contributed by atoms with Crippen LogP contribution in [0.1, 0.15) is 25.0 Å². The fourth-order valence-electron chi connectivity index (χ4n) is 4.77. The molecule has 13 heteroatoms. The highest BCUT2D eigenvalue weighted by Crippen LogP contribution is 2.45. The molecule has 2 aromatic rings. The van der Waals surface area contributed by atoms with Gasteiger partial charge < -0.3 is 14.7 Å². The molecule has 2 saturated heterocycles. The molecule has 2 aliphatic rings. The first-order valence-electron chi connectivity index (χ1n) is 11.0. The smallest absolute Gasteiger partial charge is 0.475 e. The van der Waals surface area contributed by atoms with Gasteiger partial charge in [0.1, 0.15) is 0 Å². The predicted octanol–water partition coefficient (Wildman–Crippen LogP) is 3.29. The third kappa shape index (κ3) is 6.45. The molecule has 0 bridgehead atoms. The maximum absolute atomic E-state index is 14.7. The molecule has 1 atom stereocenters. The number of nitrogens with one attached hydrogen (secondary N) is 1. The summed E-state index contributed by atoms with van der Waals surface area (Å²) < 4.78 is 66.2. The van der Waals surface area contributed by atoms with Gasteiger partial charge in [-0.25, -0.2) is 13.6 Å². The minimum absolute atomic E-state index is 0.158. The Labute approximate surface area is 198 Å². The fourth-order valence-corrected chi connectivity index (χ4v) is 4.77. The summed E-state index contributed by atoms with van der Waals surface area (Å²) in [7, 11) is 1.58. The van der Waals surface area contributed by atoms with E-state index in [-0.39, 0.29) is 18.9 Å². The van der Waals surface area contributed by atoms with E-state index < -0.39 is 23.5 Å². The molecular weight excluding hydrogens is 479 g/mol. The zero-order chi connectivity index (χ0) is 25.9. The number of hydrogen-bond donors (Lipinski definition) is 2. The van der Waals surface area contributed by atoms with Crippen LogP contribution in [-0.2, 0) is 20.9 Å². The Morgan fingerprint density at radius 3 is 2.60 bits per heavy atom. The Morgan fingerprint density at radius 1 is 1.26 bits per heavy atom. The summed E-state index contributed by atoms with van der Waals surface area (Å²) in [5.74, 6) is -5.81. The van der Waals surface area contributed by atoms with Gasteiger partial charge in [0.05, 0.1) is 29.8 Å². The van der Waals surface area contributed by atoms with Crippen molar-refractivity contribution in [2.45, 2.75) is 37.9 Å². The van der Waals surface area contributed by atoms with Gasteiger partial charge >= 0.3 is 12.1 Å². The average molecular weight is 506 g/mol. The second kappa shape index (κ2) is 10.4. The molecule has 1 spiro atoms. The SMILES string of the molecule is COCCN1CCCC2(CN(Cc3[nH]nc4ccccc34)CC(F)(F)C2)C1=O.O=C(O)C(F)(F)F. The van der Waals surface area contributed by atoms with Gasteiger partial charge in [0.15, 0.2) is 0 Å². The number of carboxylic acid groups (broad SMARTS) is 1. The van der Waals surface area contributed by atoms with Gasteiger partial charge in [-0.3, -0.25) is 14.8 Å². The Bertz CT molecular complexity index is 1040. The van der Waals surface area contributed by atoms with Crippen LogP contribution < -0.4 is 0 Å². The van der Waals surface area contributed by atoms with Crippen LogP contribution in [0.25, 0.3) is 10.9 Å². The zero-order valence-corrected chi connectivity index (χ0v) is 19.1. The summed E-state index contributed by atoms with van der Waals surface area (Å²) in [5, 5.41) is 15.3. The molecule has 2 fully saturated rings. The van der Waals surface area contributed by atoms with E-state index in [4.69, 9.17) is 14.6 Å². The molecule has 1 unspecified atom stereocenters. The lowest BCUT2D eigenvalue weighted by Crippen LogP contribution is -2.61. The summed E-state index contributed by atoms with van der Waals surface area (Å²) in [4.78, 5) is 25.4. The average Bonchev–Trinajstić information content (AvgIpc) is 3.16. The van der Waals surface area contributed by atoms with E-state index in [1.165, 1.54) is 0 Å². The third-order valence-corrected chi connectivity index (χ3v) is 6.13. The number of nitrogens with zero attached hydrogens (tertiary/aromatic N) is 3. The normalized spacial score (nSPS) is 22.8. The van der Waals surface area contributed by atoms with Gasteiger partial charge in [-0.2, -0.15) is 18.3 Å². The number of carboxylic acids is 1. The number of alkyl halides is 5. The number of rotatable bonds is 5. The molecule has 194 valence electrons. The third-order valence-electron chi connectivity index (χ3n) is 6.13. The van der Waals surface area contributed by atoms with Crippen LogP contribution in [-0.4, -0.2) is 89.0 Å². The molecule has 0 saturated carbocycles. The standard InChI is InChI=1S/C20H26F2N4O2.C2HF3O2/c1-28-10-9-26-8-4-7-19(18(26)27)12-20(21,22)14-25(13-19)11-17-15-5-2-3-6-16(15)23-24-17;3-2(4,5)1(6)7/h2-3,5-6H,4,7-14H2,1H3,(H,23,24);(H,6,7). The van der Waals surface area contributed by atoms with Crippen LogP contribution in [0, 0.1) is 5.41 Å². The van der Waals surface area contributed by atoms with E-state index in [1.54, 1.807) is 16.9 Å². The van der Waals surface area contributed by atoms with E-state index in [9.17, 15) is 26.7 Å². The number of carbonyl (C=O) groups is 2. The molecule has 2 N–H and O–H groups in total. The van der Waals surface area contributed by atoms with Crippen molar-refractivity contribution in [1.82, 2.24) is 20.0 Å². The lowest BCUT2D eigenvalue weighted by atomic mass is 9.71. The Balaban J connectivity index is 0.000000429. The highest BCUT2D eigenvalue weighted by Gasteiger charge is 2.55. The number of hydrogen-bond acceptors (Lipinski definition) is 5. The maximum Gasteiger partial charge on any atom is 0.490 e. The van der Waals surface area contributed by atoms with Crippen molar-refractivity contribution >= 4 is 22.8 Å². The second-order valence-electron chi connectivity index (χ2n) is 8.87. The molecule has 4 rings (SSSR count). The van der Waals surface area contributed by atoms with Crippen molar-refractivity contribution in [2.24, 2.45) is 5.41 Å². The van der Waals surface area contributed by atoms with E-state index in [0.717, 1.165) is 23.0 Å². The number of fused-ring (bicyclic) bond motifs is 1. The van der Waals surface area contributed by atoms with Crippen molar-refractivity contribution in [3.8, 4) is 0 Å². The first kappa shape index (κ1) is 26.8. The van der Waals surface area contributed by atoms with Gasteiger partial charge in [-0.1, -0.05) is 18.2 Å². The highest BCUT2D eigenvalue weighted by molar-refractivity contribution is 5.84. The largest absolute Gasteiger partial charge is 0.490 e. The summed E-state index contributed by atoms with van der Waals surface area (Å²) in [6.45, 7) is 1.81. The minimum atomic E-state index is -5.08. The number of amides is 1. The Kier molecular flexibility index (Phi) is 8.00. The summed E-state index contributed by atoms with van der Waals surface area (Å²) in [6, 6.07) is 7.63. The molecule has 1 aromatic heterocycles. The number of para-hydroxylation sites is 1. The Morgan fingerprint density at radius 2 is 1.94 bits per heavy atom.